The van der Waals surface area contributed by atoms with Crippen molar-refractivity contribution >= 4 is 52.0 Å². The van der Waals surface area contributed by atoms with E-state index in [1.807, 2.05) is 0 Å². The van der Waals surface area contributed by atoms with Crippen molar-refractivity contribution in [3.05, 3.63) is 41.5 Å². The van der Waals surface area contributed by atoms with Crippen LogP contribution in [0, 0.1) is 0 Å². The highest BCUT2D eigenvalue weighted by molar-refractivity contribution is 7.82. The first-order valence-electron chi connectivity index (χ1n) is 9.68. The van der Waals surface area contributed by atoms with Crippen LogP contribution < -0.4 is 21.5 Å². The van der Waals surface area contributed by atoms with Gasteiger partial charge in [-0.3, -0.25) is 22.8 Å². The van der Waals surface area contributed by atoms with Crippen LogP contribution in [0.3, 0.4) is 0 Å². The SMILES string of the molecule is O=S(=O)(O)Oc1cc2c(c(OS(=O)(=O)O)c1)C[C@@H](OS(=O)(=O)O)[C@H](c1ccc(OS(=O)(=O)O)c(OS(=O)(=O)O)c1)O2. The first-order chi connectivity index (χ1) is 18.4. The largest absolute Gasteiger partial charge is 0.482 e. The van der Waals surface area contributed by atoms with E-state index in [0.717, 1.165) is 6.07 Å². The van der Waals surface area contributed by atoms with Gasteiger partial charge in [0.2, 0.25) is 0 Å². The molecule has 0 unspecified atom stereocenters. The van der Waals surface area contributed by atoms with E-state index in [9.17, 15) is 46.6 Å². The third-order valence-corrected chi connectivity index (χ3v) is 6.53. The molecular weight excluding hydrogens is 676 g/mol. The molecule has 0 saturated heterocycles. The van der Waals surface area contributed by atoms with Crippen molar-refractivity contribution in [2.45, 2.75) is 18.6 Å². The molecule has 0 saturated carbocycles. The maximum atomic E-state index is 11.5. The molecule has 0 spiro atoms. The molecule has 2 atom stereocenters. The summed E-state index contributed by atoms with van der Waals surface area (Å²) in [6.45, 7) is 0. The van der Waals surface area contributed by atoms with Gasteiger partial charge in [0.1, 0.15) is 11.9 Å². The number of hydrogen-bond donors (Lipinski definition) is 5. The van der Waals surface area contributed by atoms with E-state index in [4.69, 9.17) is 22.9 Å². The van der Waals surface area contributed by atoms with E-state index in [1.165, 1.54) is 0 Å². The average Bonchev–Trinajstić information content (AvgIpc) is 2.69. The summed E-state index contributed by atoms with van der Waals surface area (Å²) in [7, 11) is -26.6. The molecule has 1 aliphatic rings. The van der Waals surface area contributed by atoms with Gasteiger partial charge in [0.25, 0.3) is 0 Å². The third-order valence-electron chi connectivity index (χ3n) is 4.47. The van der Waals surface area contributed by atoms with Gasteiger partial charge in [-0.05, 0) is 17.7 Å². The summed E-state index contributed by atoms with van der Waals surface area (Å²) >= 11 is 0. The van der Waals surface area contributed by atoms with E-state index in [1.54, 1.807) is 0 Å². The van der Waals surface area contributed by atoms with E-state index in [-0.39, 0.29) is 0 Å². The zero-order valence-corrected chi connectivity index (χ0v) is 23.1. The third kappa shape index (κ3) is 10.1. The Labute approximate surface area is 230 Å². The second-order valence-electron chi connectivity index (χ2n) is 7.45. The lowest BCUT2D eigenvalue weighted by Gasteiger charge is -2.33. The highest BCUT2D eigenvalue weighted by atomic mass is 32.3. The van der Waals surface area contributed by atoms with Gasteiger partial charge in [0.05, 0.1) is 0 Å². The van der Waals surface area contributed by atoms with Crippen LogP contribution in [0.25, 0.3) is 0 Å². The summed E-state index contributed by atoms with van der Waals surface area (Å²) in [6.07, 6.45) is -4.58. The van der Waals surface area contributed by atoms with Crippen LogP contribution in [0.5, 0.6) is 28.7 Å². The highest BCUT2D eigenvalue weighted by Gasteiger charge is 2.39. The molecule has 3 rings (SSSR count). The summed E-state index contributed by atoms with van der Waals surface area (Å²) in [6, 6.07) is 3.24. The quantitative estimate of drug-likeness (QED) is 0.181. The molecule has 41 heavy (non-hydrogen) atoms. The molecule has 0 fully saturated rings. The fourth-order valence-corrected chi connectivity index (χ4v) is 5.28. The van der Waals surface area contributed by atoms with Crippen molar-refractivity contribution in [2.24, 2.45) is 0 Å². The van der Waals surface area contributed by atoms with Gasteiger partial charge in [0, 0.05) is 24.1 Å². The number of benzene rings is 2. The first kappa shape index (κ1) is 32.5. The number of hydrogen-bond acceptors (Lipinski definition) is 16. The topological polar surface area (TPSA) is 327 Å². The van der Waals surface area contributed by atoms with Crippen molar-refractivity contribution < 1.29 is 90.5 Å². The normalized spacial score (nSPS) is 18.1. The van der Waals surface area contributed by atoms with Crippen molar-refractivity contribution in [1.82, 2.24) is 0 Å². The molecule has 2 aromatic carbocycles. The molecule has 0 radical (unpaired) electrons. The Morgan fingerprint density at radius 1 is 0.610 bits per heavy atom. The molecule has 21 nitrogen and oxygen atoms in total. The summed E-state index contributed by atoms with van der Waals surface area (Å²) in [5.74, 6) is -4.60. The zero-order chi connectivity index (χ0) is 31.2. The van der Waals surface area contributed by atoms with E-state index < -0.39 is 110 Å². The first-order valence-corrected chi connectivity index (χ1v) is 16.5. The molecule has 0 aromatic heterocycles. The number of fused-ring (bicyclic) bond motifs is 1. The molecule has 5 N–H and O–H groups in total. The maximum Gasteiger partial charge on any atom is 0.446 e. The molecule has 230 valence electrons. The van der Waals surface area contributed by atoms with Crippen LogP contribution in [-0.4, -0.2) is 71.0 Å². The summed E-state index contributed by atoms with van der Waals surface area (Å²) < 4.78 is 185. The van der Waals surface area contributed by atoms with Gasteiger partial charge >= 0.3 is 52.0 Å². The molecule has 26 heteroatoms. The fourth-order valence-electron chi connectivity index (χ4n) is 3.37. The van der Waals surface area contributed by atoms with Crippen molar-refractivity contribution in [1.29, 1.82) is 0 Å². The van der Waals surface area contributed by atoms with Crippen LogP contribution in [0.15, 0.2) is 30.3 Å². The maximum absolute atomic E-state index is 11.5. The highest BCUT2D eigenvalue weighted by Crippen LogP contribution is 2.45. The number of ether oxygens (including phenoxy) is 1. The van der Waals surface area contributed by atoms with Crippen LogP contribution >= 0.6 is 0 Å². The van der Waals surface area contributed by atoms with Crippen LogP contribution in [-0.2, 0) is 62.6 Å². The van der Waals surface area contributed by atoms with E-state index in [2.05, 4.69) is 20.9 Å². The van der Waals surface area contributed by atoms with Gasteiger partial charge in [-0.1, -0.05) is 6.07 Å². The molecule has 1 aliphatic heterocycles. The molecule has 0 amide bonds. The van der Waals surface area contributed by atoms with E-state index in [0.29, 0.717) is 24.3 Å². The minimum Gasteiger partial charge on any atom is -0.482 e. The smallest absolute Gasteiger partial charge is 0.446 e. The lowest BCUT2D eigenvalue weighted by molar-refractivity contribution is 0.0337. The van der Waals surface area contributed by atoms with Gasteiger partial charge in [-0.2, -0.15) is 42.1 Å². The predicted molar refractivity (Wildman–Crippen MR) is 125 cm³/mol. The molecular formula is C15H14O21S5. The van der Waals surface area contributed by atoms with Crippen molar-refractivity contribution in [3.8, 4) is 28.7 Å². The second kappa shape index (κ2) is 11.0. The second-order valence-corrected chi connectivity index (χ2v) is 12.6. The predicted octanol–water partition coefficient (Wildman–Crippen LogP) is -0.723. The Bertz CT molecular complexity index is 1890. The Hall–Kier alpha value is -3.05. The fraction of sp³-hybridized carbons (Fsp3) is 0.200. The standard InChI is InChI=1S/C15H14O21S5/c16-37(17,18)32-8-4-11-9(12(5-8)34-39(22,23)24)6-14(36-41(28,29)30)15(31-11)7-1-2-10(33-38(19,20)21)13(3-7)35-40(25,26)27/h1-5,14-15H,6H2,(H,16,17,18)(H,19,20,21)(H,22,23,24)(H,25,26,27)(H,28,29,30)/t14-,15+/m1/s1. The Morgan fingerprint density at radius 2 is 1.12 bits per heavy atom. The lowest BCUT2D eigenvalue weighted by Crippen LogP contribution is -2.35. The van der Waals surface area contributed by atoms with Gasteiger partial charge in [0.15, 0.2) is 29.1 Å². The Morgan fingerprint density at radius 3 is 1.63 bits per heavy atom. The minimum absolute atomic E-state index is 0.413. The molecule has 0 bridgehead atoms. The van der Waals surface area contributed by atoms with Gasteiger partial charge < -0.3 is 21.5 Å². The monoisotopic (exact) mass is 690 g/mol. The van der Waals surface area contributed by atoms with E-state index >= 15 is 0 Å². The molecule has 0 aliphatic carbocycles. The van der Waals surface area contributed by atoms with Crippen LogP contribution in [0.4, 0.5) is 0 Å². The lowest BCUT2D eigenvalue weighted by atomic mass is 9.94. The zero-order valence-electron chi connectivity index (χ0n) is 19.1. The summed E-state index contributed by atoms with van der Waals surface area (Å²) in [5.41, 5.74) is -0.875. The van der Waals surface area contributed by atoms with Crippen molar-refractivity contribution in [3.63, 3.8) is 0 Å². The van der Waals surface area contributed by atoms with Crippen LogP contribution in [0.1, 0.15) is 17.2 Å². The average molecular weight is 691 g/mol. The van der Waals surface area contributed by atoms with Crippen LogP contribution in [0.2, 0.25) is 0 Å². The van der Waals surface area contributed by atoms with Gasteiger partial charge in [-0.15, -0.1) is 0 Å². The van der Waals surface area contributed by atoms with Crippen molar-refractivity contribution in [2.75, 3.05) is 0 Å². The summed E-state index contributed by atoms with van der Waals surface area (Å²) in [4.78, 5) is 0. The Kier molecular flexibility index (Phi) is 8.69. The summed E-state index contributed by atoms with van der Waals surface area (Å²) in [5, 5.41) is 0. The Balaban J connectivity index is 2.23. The number of rotatable bonds is 11. The molecule has 2 aromatic rings. The van der Waals surface area contributed by atoms with Gasteiger partial charge in [-0.25, -0.2) is 4.18 Å². The minimum atomic E-state index is -5.40. The molecule has 1 heterocycles.